The molecule has 0 heterocycles. The lowest BCUT2D eigenvalue weighted by atomic mass is 10.0. The predicted octanol–water partition coefficient (Wildman–Crippen LogP) is 3.81. The number of rotatable bonds is 3. The minimum Gasteiger partial charge on any atom is -0.406 e. The van der Waals surface area contributed by atoms with Crippen molar-refractivity contribution >= 4 is 0 Å². The van der Waals surface area contributed by atoms with Gasteiger partial charge in [-0.05, 0) is 35.4 Å². The lowest BCUT2D eigenvalue weighted by molar-refractivity contribution is -0.274. The Morgan fingerprint density at radius 1 is 0.950 bits per heavy atom. The van der Waals surface area contributed by atoms with Crippen molar-refractivity contribution in [3.05, 3.63) is 65.5 Å². The third-order valence-corrected chi connectivity index (χ3v) is 2.57. The molecule has 0 spiro atoms. The van der Waals surface area contributed by atoms with E-state index in [1.807, 2.05) is 0 Å². The number of alkyl halides is 3. The molecule has 106 valence electrons. The van der Waals surface area contributed by atoms with Crippen LogP contribution in [0.15, 0.2) is 48.5 Å². The van der Waals surface area contributed by atoms with E-state index in [1.165, 1.54) is 30.3 Å². The first-order valence-electron chi connectivity index (χ1n) is 5.64. The van der Waals surface area contributed by atoms with Gasteiger partial charge >= 0.3 is 6.36 Å². The Kier molecular flexibility index (Phi) is 3.94. The third-order valence-electron chi connectivity index (χ3n) is 2.57. The zero-order valence-electron chi connectivity index (χ0n) is 10.1. The molecule has 1 unspecified atom stereocenters. The van der Waals surface area contributed by atoms with Gasteiger partial charge in [0.25, 0.3) is 0 Å². The van der Waals surface area contributed by atoms with E-state index in [1.54, 1.807) is 0 Å². The Labute approximate surface area is 112 Å². The first-order chi connectivity index (χ1) is 9.35. The molecule has 20 heavy (non-hydrogen) atoms. The van der Waals surface area contributed by atoms with Crippen LogP contribution in [0.1, 0.15) is 17.2 Å². The molecular weight excluding hydrogens is 276 g/mol. The number of benzene rings is 2. The highest BCUT2D eigenvalue weighted by atomic mass is 19.4. The molecule has 0 radical (unpaired) electrons. The SMILES string of the molecule is OC(c1cccc(F)c1)c1cccc(OC(F)(F)F)c1. The molecule has 0 bridgehead atoms. The van der Waals surface area contributed by atoms with Gasteiger partial charge in [-0.25, -0.2) is 4.39 Å². The average Bonchev–Trinajstić information content (AvgIpc) is 2.36. The van der Waals surface area contributed by atoms with Gasteiger partial charge in [0.1, 0.15) is 17.7 Å². The normalized spacial score (nSPS) is 13.1. The maximum atomic E-state index is 13.1. The fourth-order valence-electron chi connectivity index (χ4n) is 1.75. The van der Waals surface area contributed by atoms with Crippen molar-refractivity contribution < 1.29 is 27.4 Å². The van der Waals surface area contributed by atoms with E-state index in [4.69, 9.17) is 0 Å². The van der Waals surface area contributed by atoms with Gasteiger partial charge in [-0.2, -0.15) is 0 Å². The van der Waals surface area contributed by atoms with Crippen molar-refractivity contribution in [1.29, 1.82) is 0 Å². The highest BCUT2D eigenvalue weighted by molar-refractivity contribution is 5.35. The van der Waals surface area contributed by atoms with Gasteiger partial charge in [0.15, 0.2) is 0 Å². The van der Waals surface area contributed by atoms with Gasteiger partial charge in [0.2, 0.25) is 0 Å². The molecule has 0 aliphatic carbocycles. The molecule has 0 aromatic heterocycles. The zero-order chi connectivity index (χ0) is 14.8. The number of aliphatic hydroxyl groups is 1. The Bertz CT molecular complexity index is 596. The number of halogens is 4. The van der Waals surface area contributed by atoms with Crippen molar-refractivity contribution in [1.82, 2.24) is 0 Å². The molecular formula is C14H10F4O2. The minimum absolute atomic E-state index is 0.178. The average molecular weight is 286 g/mol. The van der Waals surface area contributed by atoms with Crippen molar-refractivity contribution in [2.45, 2.75) is 12.5 Å². The Morgan fingerprint density at radius 3 is 2.15 bits per heavy atom. The molecule has 0 amide bonds. The molecule has 1 atom stereocenters. The minimum atomic E-state index is -4.80. The molecule has 2 aromatic carbocycles. The van der Waals surface area contributed by atoms with E-state index >= 15 is 0 Å². The van der Waals surface area contributed by atoms with E-state index < -0.39 is 24.0 Å². The van der Waals surface area contributed by atoms with Gasteiger partial charge in [-0.3, -0.25) is 0 Å². The monoisotopic (exact) mass is 286 g/mol. The van der Waals surface area contributed by atoms with Crippen LogP contribution in [-0.2, 0) is 0 Å². The molecule has 0 aliphatic heterocycles. The summed E-state index contributed by atoms with van der Waals surface area (Å²) in [5, 5.41) is 10.0. The summed E-state index contributed by atoms with van der Waals surface area (Å²) < 4.78 is 53.2. The van der Waals surface area contributed by atoms with Crippen LogP contribution in [0.25, 0.3) is 0 Å². The summed E-state index contributed by atoms with van der Waals surface area (Å²) in [6.07, 6.45) is -6.04. The van der Waals surface area contributed by atoms with Crippen molar-refractivity contribution in [2.75, 3.05) is 0 Å². The van der Waals surface area contributed by atoms with Crippen molar-refractivity contribution in [3.8, 4) is 5.75 Å². The zero-order valence-corrected chi connectivity index (χ0v) is 10.1. The molecule has 0 saturated carbocycles. The Balaban J connectivity index is 2.26. The van der Waals surface area contributed by atoms with Gasteiger partial charge in [0, 0.05) is 0 Å². The second-order valence-electron chi connectivity index (χ2n) is 4.08. The van der Waals surface area contributed by atoms with E-state index in [-0.39, 0.29) is 11.1 Å². The fraction of sp³-hybridized carbons (Fsp3) is 0.143. The van der Waals surface area contributed by atoms with Gasteiger partial charge in [0.05, 0.1) is 0 Å². The van der Waals surface area contributed by atoms with E-state index in [9.17, 15) is 22.7 Å². The first kappa shape index (κ1) is 14.3. The van der Waals surface area contributed by atoms with Gasteiger partial charge in [-0.1, -0.05) is 24.3 Å². The van der Waals surface area contributed by atoms with Gasteiger partial charge < -0.3 is 9.84 Å². The second kappa shape index (κ2) is 5.50. The van der Waals surface area contributed by atoms with Crippen LogP contribution < -0.4 is 4.74 Å². The second-order valence-corrected chi connectivity index (χ2v) is 4.08. The first-order valence-corrected chi connectivity index (χ1v) is 5.64. The number of ether oxygens (including phenoxy) is 1. The smallest absolute Gasteiger partial charge is 0.406 e. The van der Waals surface area contributed by atoms with Crippen molar-refractivity contribution in [3.63, 3.8) is 0 Å². The summed E-state index contributed by atoms with van der Waals surface area (Å²) in [5.74, 6) is -0.977. The molecule has 1 N–H and O–H groups in total. The summed E-state index contributed by atoms with van der Waals surface area (Å²) in [5.41, 5.74) is 0.423. The van der Waals surface area contributed by atoms with E-state index in [0.29, 0.717) is 0 Å². The quantitative estimate of drug-likeness (QED) is 0.869. The summed E-state index contributed by atoms with van der Waals surface area (Å²) in [6.45, 7) is 0. The molecule has 2 aromatic rings. The number of hydrogen-bond acceptors (Lipinski definition) is 2. The van der Waals surface area contributed by atoms with Crippen LogP contribution in [0, 0.1) is 5.82 Å². The standard InChI is InChI=1S/C14H10F4O2/c15-11-5-1-3-9(7-11)13(19)10-4-2-6-12(8-10)20-14(16,17)18/h1-8,13,19H. The lowest BCUT2D eigenvalue weighted by Gasteiger charge is -2.14. The summed E-state index contributed by atoms with van der Waals surface area (Å²) in [7, 11) is 0. The predicted molar refractivity (Wildman–Crippen MR) is 63.6 cm³/mol. The molecule has 0 saturated heterocycles. The van der Waals surface area contributed by atoms with Crippen LogP contribution in [0.2, 0.25) is 0 Å². The van der Waals surface area contributed by atoms with Crippen LogP contribution in [0.4, 0.5) is 17.6 Å². The maximum absolute atomic E-state index is 13.1. The highest BCUT2D eigenvalue weighted by Crippen LogP contribution is 2.28. The fourth-order valence-corrected chi connectivity index (χ4v) is 1.75. The largest absolute Gasteiger partial charge is 0.573 e. The highest BCUT2D eigenvalue weighted by Gasteiger charge is 2.31. The molecule has 0 fully saturated rings. The Morgan fingerprint density at radius 2 is 1.55 bits per heavy atom. The number of hydrogen-bond donors (Lipinski definition) is 1. The van der Waals surface area contributed by atoms with E-state index in [2.05, 4.69) is 4.74 Å². The summed E-state index contributed by atoms with van der Waals surface area (Å²) in [4.78, 5) is 0. The van der Waals surface area contributed by atoms with Crippen LogP contribution >= 0.6 is 0 Å². The molecule has 2 rings (SSSR count). The topological polar surface area (TPSA) is 29.5 Å². The van der Waals surface area contributed by atoms with Crippen LogP contribution in [0.3, 0.4) is 0 Å². The van der Waals surface area contributed by atoms with Crippen LogP contribution in [-0.4, -0.2) is 11.5 Å². The molecule has 6 heteroatoms. The lowest BCUT2D eigenvalue weighted by Crippen LogP contribution is -2.17. The van der Waals surface area contributed by atoms with E-state index in [0.717, 1.165) is 18.2 Å². The number of aliphatic hydroxyl groups excluding tert-OH is 1. The van der Waals surface area contributed by atoms with Crippen molar-refractivity contribution in [2.24, 2.45) is 0 Å². The van der Waals surface area contributed by atoms with Crippen LogP contribution in [0.5, 0.6) is 5.75 Å². The molecule has 2 nitrogen and oxygen atoms in total. The third kappa shape index (κ3) is 3.71. The Hall–Kier alpha value is -2.08. The summed E-state index contributed by atoms with van der Waals surface area (Å²) in [6, 6.07) is 10.1. The van der Waals surface area contributed by atoms with Gasteiger partial charge in [-0.15, -0.1) is 13.2 Å². The molecule has 0 aliphatic rings. The summed E-state index contributed by atoms with van der Waals surface area (Å²) >= 11 is 0. The maximum Gasteiger partial charge on any atom is 0.573 e.